The highest BCUT2D eigenvalue weighted by atomic mass is 35.5. The van der Waals surface area contributed by atoms with E-state index in [1.54, 1.807) is 0 Å². The number of aliphatic hydroxyl groups is 1. The van der Waals surface area contributed by atoms with Gasteiger partial charge < -0.3 is 15.7 Å². The van der Waals surface area contributed by atoms with Crippen LogP contribution in [0.25, 0.3) is 0 Å². The Labute approximate surface area is 111 Å². The molecule has 1 aromatic carbocycles. The van der Waals surface area contributed by atoms with Gasteiger partial charge in [-0.3, -0.25) is 4.99 Å². The summed E-state index contributed by atoms with van der Waals surface area (Å²) in [5.41, 5.74) is 6.77. The molecule has 1 atom stereocenters. The van der Waals surface area contributed by atoms with Crippen LogP contribution in [-0.2, 0) is 0 Å². The maximum Gasteiger partial charge on any atom is 0.192 e. The van der Waals surface area contributed by atoms with E-state index in [1.165, 1.54) is 0 Å². The van der Waals surface area contributed by atoms with Crippen molar-refractivity contribution in [3.05, 3.63) is 34.9 Å². The average molecular weight is 276 g/mol. The Morgan fingerprint density at radius 1 is 1.47 bits per heavy atom. The SMILES string of the molecule is Cl.NC1=NCC(c2ccccc2Cl)N1CCO. The Morgan fingerprint density at radius 3 is 2.82 bits per heavy atom. The van der Waals surface area contributed by atoms with Crippen LogP contribution in [0.3, 0.4) is 0 Å². The highest BCUT2D eigenvalue weighted by Gasteiger charge is 2.28. The van der Waals surface area contributed by atoms with Crippen LogP contribution >= 0.6 is 24.0 Å². The van der Waals surface area contributed by atoms with Crippen molar-refractivity contribution < 1.29 is 5.11 Å². The van der Waals surface area contributed by atoms with Gasteiger partial charge in [0.05, 0.1) is 19.2 Å². The fraction of sp³-hybridized carbons (Fsp3) is 0.364. The number of hydrogen-bond acceptors (Lipinski definition) is 4. The van der Waals surface area contributed by atoms with Crippen molar-refractivity contribution in [3.63, 3.8) is 0 Å². The summed E-state index contributed by atoms with van der Waals surface area (Å²) < 4.78 is 0. The van der Waals surface area contributed by atoms with E-state index in [9.17, 15) is 0 Å². The lowest BCUT2D eigenvalue weighted by atomic mass is 10.1. The summed E-state index contributed by atoms with van der Waals surface area (Å²) in [5, 5.41) is 9.70. The zero-order chi connectivity index (χ0) is 11.5. The predicted octanol–water partition coefficient (Wildman–Crippen LogP) is 1.43. The molecule has 6 heteroatoms. The van der Waals surface area contributed by atoms with E-state index < -0.39 is 0 Å². The molecule has 2 rings (SSSR count). The molecule has 0 amide bonds. The molecule has 1 aliphatic rings. The Hall–Kier alpha value is -0.970. The first-order chi connectivity index (χ1) is 7.74. The van der Waals surface area contributed by atoms with Gasteiger partial charge in [-0.15, -0.1) is 12.4 Å². The molecule has 1 heterocycles. The number of benzene rings is 1. The first-order valence-corrected chi connectivity index (χ1v) is 5.53. The molecule has 0 bridgehead atoms. The Morgan fingerprint density at radius 2 is 2.18 bits per heavy atom. The van der Waals surface area contributed by atoms with Gasteiger partial charge in [-0.25, -0.2) is 0 Å². The molecule has 0 aliphatic carbocycles. The third kappa shape index (κ3) is 2.83. The summed E-state index contributed by atoms with van der Waals surface area (Å²) in [7, 11) is 0. The van der Waals surface area contributed by atoms with Crippen LogP contribution in [0, 0.1) is 0 Å². The van der Waals surface area contributed by atoms with E-state index in [1.807, 2.05) is 29.2 Å². The number of β-amino-alcohol motifs (C(OH)–C–C–N with tert-alkyl or cyclic N) is 1. The van der Waals surface area contributed by atoms with Crippen molar-refractivity contribution in [2.45, 2.75) is 6.04 Å². The Balaban J connectivity index is 0.00000144. The van der Waals surface area contributed by atoms with E-state index in [4.69, 9.17) is 22.4 Å². The number of hydrogen-bond donors (Lipinski definition) is 2. The largest absolute Gasteiger partial charge is 0.395 e. The van der Waals surface area contributed by atoms with Crippen LogP contribution in [0.1, 0.15) is 11.6 Å². The summed E-state index contributed by atoms with van der Waals surface area (Å²) in [5.74, 6) is 0.471. The zero-order valence-corrected chi connectivity index (χ0v) is 10.8. The third-order valence-corrected chi connectivity index (χ3v) is 3.05. The topological polar surface area (TPSA) is 61.8 Å². The van der Waals surface area contributed by atoms with Crippen molar-refractivity contribution in [2.24, 2.45) is 10.7 Å². The summed E-state index contributed by atoms with van der Waals surface area (Å²) in [6.07, 6.45) is 0. The number of nitrogens with zero attached hydrogens (tertiary/aromatic N) is 2. The molecule has 1 aliphatic heterocycles. The number of halogens is 2. The van der Waals surface area contributed by atoms with Crippen LogP contribution in [0.2, 0.25) is 5.02 Å². The molecule has 0 fully saturated rings. The van der Waals surface area contributed by atoms with Gasteiger partial charge >= 0.3 is 0 Å². The normalized spacial score (nSPS) is 18.8. The second-order valence-electron chi connectivity index (χ2n) is 3.65. The minimum Gasteiger partial charge on any atom is -0.395 e. The third-order valence-electron chi connectivity index (χ3n) is 2.70. The number of nitrogens with two attached hydrogens (primary N) is 1. The van der Waals surface area contributed by atoms with Crippen molar-refractivity contribution in [2.75, 3.05) is 19.7 Å². The summed E-state index contributed by atoms with van der Waals surface area (Å²) >= 11 is 6.14. The van der Waals surface area contributed by atoms with Gasteiger partial charge in [0.1, 0.15) is 0 Å². The zero-order valence-electron chi connectivity index (χ0n) is 9.21. The van der Waals surface area contributed by atoms with Crippen LogP contribution in [0.15, 0.2) is 29.3 Å². The smallest absolute Gasteiger partial charge is 0.192 e. The number of aliphatic imine (C=N–C) groups is 1. The Bertz CT molecular complexity index is 411. The lowest BCUT2D eigenvalue weighted by molar-refractivity contribution is 0.230. The predicted molar refractivity (Wildman–Crippen MR) is 71.7 cm³/mol. The molecule has 1 unspecified atom stereocenters. The minimum atomic E-state index is 0. The van der Waals surface area contributed by atoms with Crippen LogP contribution in [-0.4, -0.2) is 35.7 Å². The summed E-state index contributed by atoms with van der Waals surface area (Å²) in [4.78, 5) is 6.06. The quantitative estimate of drug-likeness (QED) is 0.877. The first kappa shape index (κ1) is 14.1. The van der Waals surface area contributed by atoms with Gasteiger partial charge in [0, 0.05) is 11.6 Å². The van der Waals surface area contributed by atoms with Gasteiger partial charge in [-0.2, -0.15) is 0 Å². The lowest BCUT2D eigenvalue weighted by Crippen LogP contribution is -2.38. The van der Waals surface area contributed by atoms with Gasteiger partial charge in [0.15, 0.2) is 5.96 Å². The van der Waals surface area contributed by atoms with E-state index in [-0.39, 0.29) is 25.1 Å². The Kier molecular flexibility index (Phi) is 5.05. The van der Waals surface area contributed by atoms with Gasteiger partial charge in [-0.1, -0.05) is 29.8 Å². The van der Waals surface area contributed by atoms with Gasteiger partial charge in [0.25, 0.3) is 0 Å². The molecule has 94 valence electrons. The van der Waals surface area contributed by atoms with Crippen molar-refractivity contribution in [1.29, 1.82) is 0 Å². The van der Waals surface area contributed by atoms with Gasteiger partial charge in [0.2, 0.25) is 0 Å². The molecule has 0 saturated heterocycles. The summed E-state index contributed by atoms with van der Waals surface area (Å²) in [6, 6.07) is 7.68. The molecular weight excluding hydrogens is 261 g/mol. The number of guanidine groups is 1. The fourth-order valence-electron chi connectivity index (χ4n) is 1.92. The first-order valence-electron chi connectivity index (χ1n) is 5.16. The lowest BCUT2D eigenvalue weighted by Gasteiger charge is -2.26. The molecular formula is C11H15Cl2N3O. The monoisotopic (exact) mass is 275 g/mol. The molecule has 0 saturated carbocycles. The molecule has 0 aromatic heterocycles. The highest BCUT2D eigenvalue weighted by molar-refractivity contribution is 6.31. The van der Waals surface area contributed by atoms with Crippen molar-refractivity contribution in [3.8, 4) is 0 Å². The molecule has 0 spiro atoms. The second kappa shape index (κ2) is 6.10. The van der Waals surface area contributed by atoms with E-state index in [2.05, 4.69) is 4.99 Å². The maximum absolute atomic E-state index is 8.99. The molecule has 17 heavy (non-hydrogen) atoms. The second-order valence-corrected chi connectivity index (χ2v) is 4.06. The molecule has 3 N–H and O–H groups in total. The fourth-order valence-corrected chi connectivity index (χ4v) is 2.18. The number of aliphatic hydroxyl groups excluding tert-OH is 1. The van der Waals surface area contributed by atoms with Crippen LogP contribution in [0.4, 0.5) is 0 Å². The summed E-state index contributed by atoms with van der Waals surface area (Å²) in [6.45, 7) is 1.12. The van der Waals surface area contributed by atoms with Crippen molar-refractivity contribution >= 4 is 30.0 Å². The maximum atomic E-state index is 8.99. The molecule has 1 aromatic rings. The van der Waals surface area contributed by atoms with Gasteiger partial charge in [-0.05, 0) is 11.6 Å². The van der Waals surface area contributed by atoms with Crippen LogP contribution < -0.4 is 5.73 Å². The van der Waals surface area contributed by atoms with Crippen molar-refractivity contribution in [1.82, 2.24) is 4.90 Å². The average Bonchev–Trinajstić information content (AvgIpc) is 2.62. The molecule has 0 radical (unpaired) electrons. The highest BCUT2D eigenvalue weighted by Crippen LogP contribution is 2.30. The van der Waals surface area contributed by atoms with E-state index in [0.29, 0.717) is 24.1 Å². The standard InChI is InChI=1S/C11H14ClN3O.ClH/c12-9-4-2-1-3-8(9)10-7-14-11(13)15(10)5-6-16;/h1-4,10,16H,5-7H2,(H2,13,14);1H. The number of rotatable bonds is 3. The molecule has 4 nitrogen and oxygen atoms in total. The van der Waals surface area contributed by atoms with Crippen LogP contribution in [0.5, 0.6) is 0 Å². The van der Waals surface area contributed by atoms with E-state index in [0.717, 1.165) is 5.56 Å². The minimum absolute atomic E-state index is 0. The van der Waals surface area contributed by atoms with E-state index >= 15 is 0 Å².